The van der Waals surface area contributed by atoms with Crippen molar-refractivity contribution in [2.45, 2.75) is 103 Å². The Morgan fingerprint density at radius 3 is 2.17 bits per heavy atom. The van der Waals surface area contributed by atoms with Gasteiger partial charge in [-0.25, -0.2) is 8.42 Å². The Morgan fingerprint density at radius 1 is 0.931 bits per heavy atom. The van der Waals surface area contributed by atoms with Crippen molar-refractivity contribution in [3.8, 4) is 5.75 Å². The Morgan fingerprint density at radius 2 is 1.55 bits per heavy atom. The molecule has 0 saturated heterocycles. The Balaban J connectivity index is 1.49. The highest BCUT2D eigenvalue weighted by Gasteiger charge is 2.27. The molecule has 2 aliphatic rings. The number of aryl methyl sites for hydroxylation is 1. The van der Waals surface area contributed by atoms with Crippen molar-refractivity contribution in [2.75, 3.05) is 5.75 Å². The summed E-state index contributed by atoms with van der Waals surface area (Å²) in [4.78, 5) is 0. The second kappa shape index (κ2) is 9.85. The summed E-state index contributed by atoms with van der Waals surface area (Å²) in [5.74, 6) is 2.57. The van der Waals surface area contributed by atoms with E-state index in [1.165, 1.54) is 61.6 Å². The molecule has 2 saturated carbocycles. The Hall–Kier alpha value is -1.03. The topological polar surface area (TPSA) is 43.4 Å². The van der Waals surface area contributed by atoms with E-state index in [2.05, 4.69) is 26.0 Å². The maximum absolute atomic E-state index is 12.2. The van der Waals surface area contributed by atoms with Crippen molar-refractivity contribution in [1.29, 1.82) is 0 Å². The molecule has 0 atom stereocenters. The number of rotatable bonds is 8. The van der Waals surface area contributed by atoms with Gasteiger partial charge in [0, 0.05) is 0 Å². The van der Waals surface area contributed by atoms with Crippen LogP contribution in [0.2, 0.25) is 0 Å². The largest absolute Gasteiger partial charge is 0.490 e. The van der Waals surface area contributed by atoms with Crippen molar-refractivity contribution in [3.05, 3.63) is 28.8 Å². The summed E-state index contributed by atoms with van der Waals surface area (Å²) >= 11 is 0. The minimum atomic E-state index is -2.91. The predicted octanol–water partition coefficient (Wildman–Crippen LogP) is 6.19. The first-order valence-corrected chi connectivity index (χ1v) is 13.4. The Bertz CT molecular complexity index is 768. The molecule has 0 aromatic heterocycles. The first-order chi connectivity index (χ1) is 13.8. The number of hydrogen-bond acceptors (Lipinski definition) is 3. The van der Waals surface area contributed by atoms with Crippen LogP contribution in [-0.2, 0) is 16.3 Å². The minimum absolute atomic E-state index is 0.243. The molecule has 0 amide bonds. The first-order valence-electron chi connectivity index (χ1n) is 11.7. The molecule has 3 nitrogen and oxygen atoms in total. The molecule has 2 aliphatic carbocycles. The van der Waals surface area contributed by atoms with E-state index in [0.29, 0.717) is 17.8 Å². The summed E-state index contributed by atoms with van der Waals surface area (Å²) in [5.41, 5.74) is 4.14. The molecule has 1 aromatic rings. The summed E-state index contributed by atoms with van der Waals surface area (Å²) in [7, 11) is -2.91. The quantitative estimate of drug-likeness (QED) is 0.504. The van der Waals surface area contributed by atoms with Gasteiger partial charge in [-0.3, -0.25) is 0 Å². The maximum Gasteiger partial charge on any atom is 0.152 e. The van der Waals surface area contributed by atoms with Crippen LogP contribution in [0, 0.1) is 25.7 Å². The number of benzene rings is 1. The lowest BCUT2D eigenvalue weighted by atomic mass is 9.80. The third kappa shape index (κ3) is 5.99. The van der Waals surface area contributed by atoms with Gasteiger partial charge in [0.05, 0.1) is 17.1 Å². The van der Waals surface area contributed by atoms with Gasteiger partial charge >= 0.3 is 0 Å². The fourth-order valence-electron chi connectivity index (χ4n) is 5.00. The molecule has 0 heterocycles. The molecule has 1 aromatic carbocycles. The van der Waals surface area contributed by atoms with Gasteiger partial charge in [-0.05, 0) is 114 Å². The van der Waals surface area contributed by atoms with Crippen molar-refractivity contribution >= 4 is 9.84 Å². The second-order valence-corrected chi connectivity index (χ2v) is 12.4. The molecular weight excluding hydrogens is 380 g/mol. The van der Waals surface area contributed by atoms with E-state index in [-0.39, 0.29) is 5.25 Å². The normalized spacial score (nSPS) is 23.6. The van der Waals surface area contributed by atoms with Gasteiger partial charge in [-0.1, -0.05) is 18.9 Å². The van der Waals surface area contributed by atoms with E-state index in [1.807, 2.05) is 0 Å². The first kappa shape index (κ1) is 22.7. The lowest BCUT2D eigenvalue weighted by molar-refractivity contribution is 0.208. The molecule has 0 aliphatic heterocycles. The lowest BCUT2D eigenvalue weighted by Crippen LogP contribution is -2.26. The van der Waals surface area contributed by atoms with Crippen molar-refractivity contribution in [2.24, 2.45) is 11.8 Å². The molecule has 0 unspecified atom stereocenters. The predicted molar refractivity (Wildman–Crippen MR) is 121 cm³/mol. The van der Waals surface area contributed by atoms with E-state index in [0.717, 1.165) is 30.9 Å². The van der Waals surface area contributed by atoms with Gasteiger partial charge in [0.2, 0.25) is 0 Å². The zero-order chi connectivity index (χ0) is 21.0. The smallest absolute Gasteiger partial charge is 0.152 e. The lowest BCUT2D eigenvalue weighted by Gasteiger charge is -2.29. The average Bonchev–Trinajstić information content (AvgIpc) is 3.19. The number of ether oxygens (including phenoxy) is 1. The van der Waals surface area contributed by atoms with Gasteiger partial charge in [0.1, 0.15) is 5.75 Å². The number of sulfone groups is 1. The highest BCUT2D eigenvalue weighted by molar-refractivity contribution is 7.91. The van der Waals surface area contributed by atoms with E-state index in [9.17, 15) is 8.42 Å². The molecule has 0 bridgehead atoms. The zero-order valence-corrected chi connectivity index (χ0v) is 19.7. The van der Waals surface area contributed by atoms with Gasteiger partial charge in [-0.15, -0.1) is 0 Å². The molecule has 0 N–H and O–H groups in total. The SMILES string of the molecule is Cc1c(CCC2CCC(CS(=O)(=O)C(C)C)CC2)ccc(OC2CCCC2)c1C. The van der Waals surface area contributed by atoms with Crippen molar-refractivity contribution < 1.29 is 13.2 Å². The molecule has 164 valence electrons. The van der Waals surface area contributed by atoms with Crippen molar-refractivity contribution in [1.82, 2.24) is 0 Å². The van der Waals surface area contributed by atoms with Crippen LogP contribution in [0.4, 0.5) is 0 Å². The molecule has 3 rings (SSSR count). The maximum atomic E-state index is 12.2. The highest BCUT2D eigenvalue weighted by atomic mass is 32.2. The van der Waals surface area contributed by atoms with E-state index >= 15 is 0 Å². The van der Waals surface area contributed by atoms with E-state index in [1.54, 1.807) is 13.8 Å². The summed E-state index contributed by atoms with van der Waals surface area (Å²) in [6.45, 7) is 8.04. The van der Waals surface area contributed by atoms with Crippen molar-refractivity contribution in [3.63, 3.8) is 0 Å². The summed E-state index contributed by atoms with van der Waals surface area (Å²) in [6, 6.07) is 4.46. The Labute approximate surface area is 178 Å². The summed E-state index contributed by atoms with van der Waals surface area (Å²) in [6.07, 6.45) is 12.2. The summed E-state index contributed by atoms with van der Waals surface area (Å²) in [5, 5.41) is -0.243. The monoisotopic (exact) mass is 420 g/mol. The van der Waals surface area contributed by atoms with Crippen LogP contribution in [0.25, 0.3) is 0 Å². The Kier molecular flexibility index (Phi) is 7.69. The fourth-order valence-corrected chi connectivity index (χ4v) is 6.38. The van der Waals surface area contributed by atoms with Crippen LogP contribution in [0.3, 0.4) is 0 Å². The molecule has 4 heteroatoms. The van der Waals surface area contributed by atoms with Crippen LogP contribution in [-0.4, -0.2) is 25.5 Å². The van der Waals surface area contributed by atoms with E-state index in [4.69, 9.17) is 4.74 Å². The standard InChI is InChI=1S/C25H40O3S/c1-18(2)29(26,27)17-22-11-9-21(10-12-22)13-14-23-15-16-25(20(4)19(23)3)28-24-7-5-6-8-24/h15-16,18,21-22,24H,5-14,17H2,1-4H3. The fraction of sp³-hybridized carbons (Fsp3) is 0.760. The molecule has 2 fully saturated rings. The average molecular weight is 421 g/mol. The third-order valence-corrected chi connectivity index (χ3v) is 9.79. The molecule has 0 radical (unpaired) electrons. The second-order valence-electron chi connectivity index (χ2n) is 9.80. The molecule has 0 spiro atoms. The van der Waals surface area contributed by atoms with Crippen LogP contribution in [0.15, 0.2) is 12.1 Å². The van der Waals surface area contributed by atoms with Crippen LogP contribution >= 0.6 is 0 Å². The van der Waals surface area contributed by atoms with Gasteiger partial charge in [0.15, 0.2) is 9.84 Å². The molecule has 29 heavy (non-hydrogen) atoms. The highest BCUT2D eigenvalue weighted by Crippen LogP contribution is 2.34. The van der Waals surface area contributed by atoms with Gasteiger partial charge < -0.3 is 4.74 Å². The zero-order valence-electron chi connectivity index (χ0n) is 18.9. The summed E-state index contributed by atoms with van der Waals surface area (Å²) < 4.78 is 30.6. The number of hydrogen-bond donors (Lipinski definition) is 0. The van der Waals surface area contributed by atoms with E-state index < -0.39 is 9.84 Å². The van der Waals surface area contributed by atoms with Crippen LogP contribution < -0.4 is 4.74 Å². The van der Waals surface area contributed by atoms with Crippen LogP contribution in [0.1, 0.15) is 88.3 Å². The van der Waals surface area contributed by atoms with Crippen LogP contribution in [0.5, 0.6) is 5.75 Å². The van der Waals surface area contributed by atoms with Gasteiger partial charge in [-0.2, -0.15) is 0 Å². The minimum Gasteiger partial charge on any atom is -0.490 e. The van der Waals surface area contributed by atoms with Gasteiger partial charge in [0.25, 0.3) is 0 Å². The molecular formula is C25H40O3S. The third-order valence-electron chi connectivity index (χ3n) is 7.42.